The molecule has 0 aliphatic heterocycles. The molecule has 1 atom stereocenters. The van der Waals surface area contributed by atoms with Crippen molar-refractivity contribution in [1.82, 2.24) is 0 Å². The third-order valence-corrected chi connectivity index (χ3v) is 3.04. The smallest absolute Gasteiger partial charge is 0.338 e. The molecular formula is C14H20N2O3. The van der Waals surface area contributed by atoms with E-state index in [1.807, 2.05) is 13.8 Å². The second-order valence-corrected chi connectivity index (χ2v) is 4.96. The first kappa shape index (κ1) is 15.2. The molecule has 1 amide bonds. The summed E-state index contributed by atoms with van der Waals surface area (Å²) < 4.78 is 0. The molecule has 0 bridgehead atoms. The van der Waals surface area contributed by atoms with Gasteiger partial charge in [0.05, 0.1) is 11.3 Å². The second kappa shape index (κ2) is 6.33. The molecule has 0 spiro atoms. The molecule has 19 heavy (non-hydrogen) atoms. The molecule has 5 heteroatoms. The van der Waals surface area contributed by atoms with Crippen LogP contribution in [0, 0.1) is 12.8 Å². The van der Waals surface area contributed by atoms with Crippen LogP contribution < -0.4 is 11.1 Å². The van der Waals surface area contributed by atoms with Gasteiger partial charge in [0.1, 0.15) is 0 Å². The summed E-state index contributed by atoms with van der Waals surface area (Å²) in [6, 6.07) is 4.74. The Bertz CT molecular complexity index is 484. The van der Waals surface area contributed by atoms with E-state index in [4.69, 9.17) is 10.8 Å². The lowest BCUT2D eigenvalue weighted by molar-refractivity contribution is -0.116. The Kier molecular flexibility index (Phi) is 5.06. The van der Waals surface area contributed by atoms with Gasteiger partial charge in [0.15, 0.2) is 0 Å². The number of aromatic carboxylic acids is 1. The summed E-state index contributed by atoms with van der Waals surface area (Å²) in [7, 11) is 0. The zero-order valence-electron chi connectivity index (χ0n) is 11.4. The normalized spacial score (nSPS) is 12.3. The van der Waals surface area contributed by atoms with E-state index >= 15 is 0 Å². The van der Waals surface area contributed by atoms with Gasteiger partial charge in [0, 0.05) is 12.5 Å². The van der Waals surface area contributed by atoms with E-state index in [-0.39, 0.29) is 29.9 Å². The number of nitrogens with two attached hydrogens (primary N) is 1. The van der Waals surface area contributed by atoms with E-state index in [0.29, 0.717) is 11.3 Å². The van der Waals surface area contributed by atoms with Crippen molar-refractivity contribution in [2.75, 3.05) is 5.32 Å². The predicted octanol–water partition coefficient (Wildman–Crippen LogP) is 2.01. The van der Waals surface area contributed by atoms with Gasteiger partial charge in [-0.1, -0.05) is 26.0 Å². The highest BCUT2D eigenvalue weighted by Crippen LogP contribution is 2.20. The van der Waals surface area contributed by atoms with Crippen molar-refractivity contribution in [3.63, 3.8) is 0 Å². The molecule has 0 aliphatic rings. The summed E-state index contributed by atoms with van der Waals surface area (Å²) in [5, 5.41) is 11.8. The average Bonchev–Trinajstić information content (AvgIpc) is 2.27. The third-order valence-electron chi connectivity index (χ3n) is 3.04. The Hall–Kier alpha value is -1.88. The lowest BCUT2D eigenvalue weighted by atomic mass is 10.0. The number of anilines is 1. The Morgan fingerprint density at radius 3 is 2.53 bits per heavy atom. The van der Waals surface area contributed by atoms with Gasteiger partial charge in [-0.15, -0.1) is 0 Å². The summed E-state index contributed by atoms with van der Waals surface area (Å²) in [5.74, 6) is -1.13. The first-order valence-corrected chi connectivity index (χ1v) is 6.21. The van der Waals surface area contributed by atoms with Crippen LogP contribution in [0.2, 0.25) is 0 Å². The van der Waals surface area contributed by atoms with Crippen molar-refractivity contribution < 1.29 is 14.7 Å². The van der Waals surface area contributed by atoms with E-state index < -0.39 is 5.97 Å². The Morgan fingerprint density at radius 1 is 1.37 bits per heavy atom. The van der Waals surface area contributed by atoms with Gasteiger partial charge in [0.25, 0.3) is 0 Å². The van der Waals surface area contributed by atoms with Crippen molar-refractivity contribution in [1.29, 1.82) is 0 Å². The van der Waals surface area contributed by atoms with Crippen LogP contribution >= 0.6 is 0 Å². The van der Waals surface area contributed by atoms with Crippen LogP contribution in [0.3, 0.4) is 0 Å². The molecule has 1 aromatic carbocycles. The number of amides is 1. The number of benzene rings is 1. The van der Waals surface area contributed by atoms with E-state index in [9.17, 15) is 9.59 Å². The zero-order chi connectivity index (χ0) is 14.6. The van der Waals surface area contributed by atoms with Crippen LogP contribution in [0.1, 0.15) is 36.2 Å². The highest BCUT2D eigenvalue weighted by molar-refractivity contribution is 6.01. The third kappa shape index (κ3) is 4.06. The highest BCUT2D eigenvalue weighted by atomic mass is 16.4. The SMILES string of the molecule is Cc1cccc(NC(=O)CC(N)C(C)C)c1C(=O)O. The van der Waals surface area contributed by atoms with E-state index in [1.54, 1.807) is 25.1 Å². The maximum Gasteiger partial charge on any atom is 0.338 e. The molecule has 104 valence electrons. The zero-order valence-corrected chi connectivity index (χ0v) is 11.4. The molecule has 0 saturated carbocycles. The number of carboxylic acids is 1. The number of hydrogen-bond donors (Lipinski definition) is 3. The number of carbonyl (C=O) groups excluding carboxylic acids is 1. The Morgan fingerprint density at radius 2 is 2.00 bits per heavy atom. The van der Waals surface area contributed by atoms with Crippen LogP contribution in [-0.4, -0.2) is 23.0 Å². The molecule has 1 aromatic rings. The van der Waals surface area contributed by atoms with Crippen molar-refractivity contribution in [2.24, 2.45) is 11.7 Å². The van der Waals surface area contributed by atoms with Gasteiger partial charge in [0.2, 0.25) is 5.91 Å². The molecule has 0 heterocycles. The second-order valence-electron chi connectivity index (χ2n) is 4.96. The van der Waals surface area contributed by atoms with Crippen LogP contribution in [-0.2, 0) is 4.79 Å². The maximum atomic E-state index is 11.8. The van der Waals surface area contributed by atoms with Crippen LogP contribution in [0.4, 0.5) is 5.69 Å². The standard InChI is InChI=1S/C14H20N2O3/c1-8(2)10(15)7-12(17)16-11-6-4-5-9(3)13(11)14(18)19/h4-6,8,10H,7,15H2,1-3H3,(H,16,17)(H,18,19). The molecule has 4 N–H and O–H groups in total. The largest absolute Gasteiger partial charge is 0.478 e. The average molecular weight is 264 g/mol. The van der Waals surface area contributed by atoms with Gasteiger partial charge in [-0.2, -0.15) is 0 Å². The van der Waals surface area contributed by atoms with Crippen molar-refractivity contribution >= 4 is 17.6 Å². The molecule has 0 aliphatic carbocycles. The fraction of sp³-hybridized carbons (Fsp3) is 0.429. The van der Waals surface area contributed by atoms with Gasteiger partial charge >= 0.3 is 5.97 Å². The number of nitrogens with one attached hydrogen (secondary N) is 1. The van der Waals surface area contributed by atoms with Crippen molar-refractivity contribution in [3.8, 4) is 0 Å². The monoisotopic (exact) mass is 264 g/mol. The highest BCUT2D eigenvalue weighted by Gasteiger charge is 2.17. The molecule has 0 radical (unpaired) electrons. The molecule has 0 fully saturated rings. The summed E-state index contributed by atoms with van der Waals surface area (Å²) in [5.41, 5.74) is 6.86. The maximum absolute atomic E-state index is 11.8. The first-order valence-electron chi connectivity index (χ1n) is 6.21. The van der Waals surface area contributed by atoms with Gasteiger partial charge in [-0.05, 0) is 24.5 Å². The fourth-order valence-corrected chi connectivity index (χ4v) is 1.71. The number of carboxylic acid groups (broad SMARTS) is 1. The number of carbonyl (C=O) groups is 2. The summed E-state index contributed by atoms with van der Waals surface area (Å²) in [6.07, 6.45) is 0.171. The van der Waals surface area contributed by atoms with Gasteiger partial charge < -0.3 is 16.2 Å². The number of rotatable bonds is 5. The topological polar surface area (TPSA) is 92.4 Å². The van der Waals surface area contributed by atoms with Gasteiger partial charge in [-0.3, -0.25) is 4.79 Å². The minimum atomic E-state index is -1.05. The van der Waals surface area contributed by atoms with E-state index in [2.05, 4.69) is 5.32 Å². The minimum absolute atomic E-state index is 0.119. The van der Waals surface area contributed by atoms with Gasteiger partial charge in [-0.25, -0.2) is 4.79 Å². The molecule has 5 nitrogen and oxygen atoms in total. The Labute approximate surface area is 112 Å². The van der Waals surface area contributed by atoms with E-state index in [1.165, 1.54) is 0 Å². The first-order chi connectivity index (χ1) is 8.82. The number of hydrogen-bond acceptors (Lipinski definition) is 3. The molecule has 1 rings (SSSR count). The molecule has 1 unspecified atom stereocenters. The van der Waals surface area contributed by atoms with Crippen LogP contribution in [0.15, 0.2) is 18.2 Å². The number of aryl methyl sites for hydroxylation is 1. The quantitative estimate of drug-likeness (QED) is 0.758. The Balaban J connectivity index is 2.86. The lowest BCUT2D eigenvalue weighted by Crippen LogP contribution is -2.31. The van der Waals surface area contributed by atoms with Crippen molar-refractivity contribution in [2.45, 2.75) is 33.2 Å². The van der Waals surface area contributed by atoms with Crippen LogP contribution in [0.5, 0.6) is 0 Å². The lowest BCUT2D eigenvalue weighted by Gasteiger charge is -2.16. The van der Waals surface area contributed by atoms with E-state index in [0.717, 1.165) is 0 Å². The minimum Gasteiger partial charge on any atom is -0.478 e. The molecular weight excluding hydrogens is 244 g/mol. The summed E-state index contributed by atoms with van der Waals surface area (Å²) in [4.78, 5) is 23.0. The summed E-state index contributed by atoms with van der Waals surface area (Å²) in [6.45, 7) is 5.57. The predicted molar refractivity (Wildman–Crippen MR) is 74.2 cm³/mol. The fourth-order valence-electron chi connectivity index (χ4n) is 1.71. The summed E-state index contributed by atoms with van der Waals surface area (Å²) >= 11 is 0. The molecule has 0 aromatic heterocycles. The van der Waals surface area contributed by atoms with Crippen LogP contribution in [0.25, 0.3) is 0 Å². The van der Waals surface area contributed by atoms with Crippen molar-refractivity contribution in [3.05, 3.63) is 29.3 Å². The molecule has 0 saturated heterocycles.